The summed E-state index contributed by atoms with van der Waals surface area (Å²) < 4.78 is 21.8. The molecule has 0 bridgehead atoms. The second-order valence-corrected chi connectivity index (χ2v) is 7.92. The largest absolute Gasteiger partial charge is 0.497 e. The number of hydrogen-bond acceptors (Lipinski definition) is 7. The van der Waals surface area contributed by atoms with Gasteiger partial charge in [0.2, 0.25) is 5.88 Å². The van der Waals surface area contributed by atoms with Crippen LogP contribution in [0, 0.1) is 5.41 Å². The molecule has 2 aliphatic rings. The van der Waals surface area contributed by atoms with E-state index >= 15 is 0 Å². The zero-order chi connectivity index (χ0) is 21.3. The maximum absolute atomic E-state index is 13.2. The van der Waals surface area contributed by atoms with Crippen LogP contribution in [0.2, 0.25) is 0 Å². The zero-order valence-corrected chi connectivity index (χ0v) is 17.5. The molecule has 0 spiro atoms. The Labute approximate surface area is 170 Å². The molecule has 0 radical (unpaired) electrons. The molecule has 1 aromatic carbocycles. The number of ether oxygens (including phenoxy) is 4. The average molecular weight is 401 g/mol. The van der Waals surface area contributed by atoms with Crippen LogP contribution in [0.3, 0.4) is 0 Å². The molecule has 0 saturated carbocycles. The molecule has 1 heterocycles. The van der Waals surface area contributed by atoms with Crippen LogP contribution < -0.4 is 15.2 Å². The van der Waals surface area contributed by atoms with E-state index in [0.29, 0.717) is 41.2 Å². The van der Waals surface area contributed by atoms with E-state index in [4.69, 9.17) is 24.7 Å². The van der Waals surface area contributed by atoms with Gasteiger partial charge in [-0.3, -0.25) is 4.79 Å². The summed E-state index contributed by atoms with van der Waals surface area (Å²) in [6, 6.07) is 5.24. The molecular weight excluding hydrogens is 374 g/mol. The molecule has 2 N–H and O–H groups in total. The summed E-state index contributed by atoms with van der Waals surface area (Å²) in [5.41, 5.74) is 7.09. The molecule has 7 nitrogen and oxygen atoms in total. The summed E-state index contributed by atoms with van der Waals surface area (Å²) in [5, 5.41) is 0. The first-order valence-electron chi connectivity index (χ1n) is 9.55. The topological polar surface area (TPSA) is 97.1 Å². The van der Waals surface area contributed by atoms with Crippen molar-refractivity contribution in [1.29, 1.82) is 0 Å². The molecule has 1 aromatic rings. The molecule has 1 aliphatic heterocycles. The molecule has 156 valence electrons. The van der Waals surface area contributed by atoms with E-state index in [1.165, 1.54) is 7.11 Å². The third kappa shape index (κ3) is 3.81. The van der Waals surface area contributed by atoms with Crippen LogP contribution in [-0.2, 0) is 19.1 Å². The Bertz CT molecular complexity index is 912. The lowest BCUT2D eigenvalue weighted by atomic mass is 9.70. The lowest BCUT2D eigenvalue weighted by Crippen LogP contribution is -2.35. The first kappa shape index (κ1) is 20.8. The van der Waals surface area contributed by atoms with Gasteiger partial charge in [0.1, 0.15) is 22.8 Å². The van der Waals surface area contributed by atoms with Crippen LogP contribution in [0.15, 0.2) is 41.0 Å². The van der Waals surface area contributed by atoms with Crippen molar-refractivity contribution in [3.8, 4) is 11.5 Å². The lowest BCUT2D eigenvalue weighted by molar-refractivity contribution is -0.139. The number of allylic oxidation sites excluding steroid dienone is 2. The minimum Gasteiger partial charge on any atom is -0.497 e. The SMILES string of the molecule is CCOC(=O)C1=C(N)OC2=C(C(=O)CC(C)(C)C2)C1c1ccc(OC)cc1OC. The molecule has 0 saturated heterocycles. The van der Waals surface area contributed by atoms with Crippen molar-refractivity contribution in [3.05, 3.63) is 46.6 Å². The van der Waals surface area contributed by atoms with Gasteiger partial charge in [-0.2, -0.15) is 0 Å². The normalized spacial score (nSPS) is 20.7. The predicted molar refractivity (Wildman–Crippen MR) is 106 cm³/mol. The summed E-state index contributed by atoms with van der Waals surface area (Å²) in [4.78, 5) is 25.9. The number of benzene rings is 1. The fourth-order valence-electron chi connectivity index (χ4n) is 3.96. The third-order valence-electron chi connectivity index (χ3n) is 5.20. The minimum atomic E-state index is -0.734. The molecule has 0 amide bonds. The number of carbonyl (C=O) groups excluding carboxylic acids is 2. The predicted octanol–water partition coefficient (Wildman–Crippen LogP) is 3.19. The van der Waals surface area contributed by atoms with Crippen molar-refractivity contribution >= 4 is 11.8 Å². The van der Waals surface area contributed by atoms with Gasteiger partial charge in [0.05, 0.1) is 26.7 Å². The number of Topliss-reactive ketones (excluding diaryl/α,β-unsaturated/α-hetero) is 1. The van der Waals surface area contributed by atoms with E-state index in [2.05, 4.69) is 0 Å². The Balaban J connectivity index is 2.23. The van der Waals surface area contributed by atoms with Gasteiger partial charge in [0, 0.05) is 30.0 Å². The Morgan fingerprint density at radius 3 is 2.59 bits per heavy atom. The summed E-state index contributed by atoms with van der Waals surface area (Å²) in [7, 11) is 3.08. The van der Waals surface area contributed by atoms with Crippen molar-refractivity contribution < 1.29 is 28.5 Å². The molecule has 0 fully saturated rings. The highest BCUT2D eigenvalue weighted by Crippen LogP contribution is 2.50. The number of hydrogen-bond donors (Lipinski definition) is 1. The lowest BCUT2D eigenvalue weighted by Gasteiger charge is -2.38. The number of methoxy groups -OCH3 is 2. The maximum Gasteiger partial charge on any atom is 0.340 e. The van der Waals surface area contributed by atoms with E-state index in [1.807, 2.05) is 13.8 Å². The zero-order valence-electron chi connectivity index (χ0n) is 17.5. The number of ketones is 1. The van der Waals surface area contributed by atoms with Crippen LogP contribution in [0.5, 0.6) is 11.5 Å². The van der Waals surface area contributed by atoms with Crippen LogP contribution in [-0.4, -0.2) is 32.6 Å². The summed E-state index contributed by atoms with van der Waals surface area (Å²) >= 11 is 0. The monoisotopic (exact) mass is 401 g/mol. The maximum atomic E-state index is 13.2. The minimum absolute atomic E-state index is 0.0458. The standard InChI is InChI=1S/C22H27NO6/c1-6-28-21(25)19-17(13-8-7-12(26-4)9-15(13)27-5)18-14(24)10-22(2,3)11-16(18)29-20(19)23/h7-9,17H,6,10-11,23H2,1-5H3. The summed E-state index contributed by atoms with van der Waals surface area (Å²) in [6.45, 7) is 5.89. The van der Waals surface area contributed by atoms with Gasteiger partial charge in [0.15, 0.2) is 5.78 Å². The van der Waals surface area contributed by atoms with Gasteiger partial charge >= 0.3 is 5.97 Å². The summed E-state index contributed by atoms with van der Waals surface area (Å²) in [5.74, 6) is 0.107. The number of rotatable bonds is 5. The molecule has 3 rings (SSSR count). The van der Waals surface area contributed by atoms with E-state index in [0.717, 1.165) is 0 Å². The highest BCUT2D eigenvalue weighted by atomic mass is 16.5. The van der Waals surface area contributed by atoms with Crippen LogP contribution in [0.25, 0.3) is 0 Å². The number of esters is 1. The molecule has 1 atom stereocenters. The van der Waals surface area contributed by atoms with Gasteiger partial charge in [-0.15, -0.1) is 0 Å². The van der Waals surface area contributed by atoms with Gasteiger partial charge in [0.25, 0.3) is 0 Å². The van der Waals surface area contributed by atoms with Gasteiger partial charge in [-0.25, -0.2) is 4.79 Å². The number of nitrogens with two attached hydrogens (primary N) is 1. The van der Waals surface area contributed by atoms with Gasteiger partial charge in [-0.1, -0.05) is 19.9 Å². The van der Waals surface area contributed by atoms with E-state index < -0.39 is 11.9 Å². The van der Waals surface area contributed by atoms with Crippen molar-refractivity contribution in [3.63, 3.8) is 0 Å². The summed E-state index contributed by atoms with van der Waals surface area (Å²) in [6.07, 6.45) is 0.889. The molecular formula is C22H27NO6. The molecule has 1 unspecified atom stereocenters. The van der Waals surface area contributed by atoms with Gasteiger partial charge in [-0.05, 0) is 18.4 Å². The van der Waals surface area contributed by atoms with Crippen LogP contribution in [0.4, 0.5) is 0 Å². The van der Waals surface area contributed by atoms with Crippen LogP contribution in [0.1, 0.15) is 45.1 Å². The van der Waals surface area contributed by atoms with E-state index in [-0.39, 0.29) is 29.3 Å². The highest BCUT2D eigenvalue weighted by molar-refractivity contribution is 6.03. The quantitative estimate of drug-likeness (QED) is 0.757. The molecule has 1 aliphatic carbocycles. The number of carbonyl (C=O) groups is 2. The van der Waals surface area contributed by atoms with E-state index in [1.54, 1.807) is 32.2 Å². The van der Waals surface area contributed by atoms with Crippen LogP contribution >= 0.6 is 0 Å². The molecule has 29 heavy (non-hydrogen) atoms. The Morgan fingerprint density at radius 1 is 1.24 bits per heavy atom. The van der Waals surface area contributed by atoms with Crippen molar-refractivity contribution in [2.75, 3.05) is 20.8 Å². The molecule has 0 aromatic heterocycles. The second kappa shape index (κ2) is 7.81. The fourth-order valence-corrected chi connectivity index (χ4v) is 3.96. The van der Waals surface area contributed by atoms with Crippen molar-refractivity contribution in [2.45, 2.75) is 39.5 Å². The van der Waals surface area contributed by atoms with Crippen molar-refractivity contribution in [2.24, 2.45) is 11.1 Å². The Kier molecular flexibility index (Phi) is 5.59. The van der Waals surface area contributed by atoms with Crippen molar-refractivity contribution in [1.82, 2.24) is 0 Å². The first-order chi connectivity index (χ1) is 13.7. The van der Waals surface area contributed by atoms with E-state index in [9.17, 15) is 9.59 Å². The average Bonchev–Trinajstić information content (AvgIpc) is 2.65. The second-order valence-electron chi connectivity index (χ2n) is 7.92. The fraction of sp³-hybridized carbons (Fsp3) is 0.455. The molecule has 7 heteroatoms. The third-order valence-corrected chi connectivity index (χ3v) is 5.20. The highest BCUT2D eigenvalue weighted by Gasteiger charge is 2.45. The first-order valence-corrected chi connectivity index (χ1v) is 9.55. The smallest absolute Gasteiger partial charge is 0.340 e. The Hall–Kier alpha value is -2.96. The Morgan fingerprint density at radius 2 is 1.97 bits per heavy atom. The van der Waals surface area contributed by atoms with Gasteiger partial charge < -0.3 is 24.7 Å².